The van der Waals surface area contributed by atoms with Crippen molar-refractivity contribution in [2.45, 2.75) is 29.9 Å². The number of benzene rings is 1. The molecule has 32 heavy (non-hydrogen) atoms. The molecule has 4 rings (SSSR count). The third-order valence-corrected chi connectivity index (χ3v) is 11.8. The van der Waals surface area contributed by atoms with Crippen LogP contribution in [0.15, 0.2) is 58.8 Å². The van der Waals surface area contributed by atoms with Gasteiger partial charge in [0.05, 0.1) is 22.3 Å². The topological polar surface area (TPSA) is 84.8 Å². The van der Waals surface area contributed by atoms with Crippen LogP contribution >= 0.6 is 10.0 Å². The SMILES string of the molecule is CCOC(=O)N1CCC(S2(c3ccc(F)cc3)C(c3ncccn3)=CN=C2S(C)=O)CC1. The van der Waals surface area contributed by atoms with Crippen molar-refractivity contribution in [2.24, 2.45) is 4.99 Å². The molecular formula is C22H25FN4O3S2. The molecule has 2 unspecified atom stereocenters. The number of nitrogens with zero attached hydrogens (tertiary/aromatic N) is 4. The Morgan fingerprint density at radius 2 is 1.88 bits per heavy atom. The molecule has 170 valence electrons. The van der Waals surface area contributed by atoms with Crippen LogP contribution in [0.2, 0.25) is 0 Å². The molecule has 1 amide bonds. The van der Waals surface area contributed by atoms with E-state index in [1.165, 1.54) is 12.1 Å². The highest BCUT2D eigenvalue weighted by Gasteiger charge is 2.49. The molecule has 1 saturated heterocycles. The molecule has 0 spiro atoms. The number of piperidine rings is 1. The summed E-state index contributed by atoms with van der Waals surface area (Å²) in [5.41, 5.74) is 0. The van der Waals surface area contributed by atoms with Crippen molar-refractivity contribution >= 4 is 36.2 Å². The van der Waals surface area contributed by atoms with E-state index >= 15 is 0 Å². The van der Waals surface area contributed by atoms with Gasteiger partial charge < -0.3 is 9.64 Å². The first-order valence-corrected chi connectivity index (χ1v) is 13.6. The molecule has 2 atom stereocenters. The molecule has 3 heterocycles. The number of rotatable bonds is 4. The van der Waals surface area contributed by atoms with Crippen molar-refractivity contribution in [1.29, 1.82) is 0 Å². The lowest BCUT2D eigenvalue weighted by Gasteiger charge is -2.48. The Bertz CT molecular complexity index is 1070. The van der Waals surface area contributed by atoms with Gasteiger partial charge in [-0.1, -0.05) is 0 Å². The molecule has 2 aliphatic heterocycles. The summed E-state index contributed by atoms with van der Waals surface area (Å²) < 4.78 is 32.5. The monoisotopic (exact) mass is 476 g/mol. The van der Waals surface area contributed by atoms with Crippen LogP contribution in [-0.2, 0) is 15.5 Å². The van der Waals surface area contributed by atoms with E-state index < -0.39 is 20.8 Å². The van der Waals surface area contributed by atoms with Crippen molar-refractivity contribution < 1.29 is 18.1 Å². The normalized spacial score (nSPS) is 24.3. The molecule has 0 bridgehead atoms. The summed E-state index contributed by atoms with van der Waals surface area (Å²) in [6.07, 6.45) is 7.71. The highest BCUT2D eigenvalue weighted by molar-refractivity contribution is 8.60. The van der Waals surface area contributed by atoms with Crippen LogP contribution in [0.25, 0.3) is 4.91 Å². The number of likely N-dealkylation sites (tertiary alicyclic amines) is 1. The van der Waals surface area contributed by atoms with Gasteiger partial charge in [0.15, 0.2) is 10.2 Å². The standard InChI is InChI=1S/C22H25FN4O3S2/c1-3-30-22(28)27-13-9-18(10-14-27)32(17-7-5-16(23)6-8-17)19(15-26-21(32)31(2)29)20-24-11-4-12-25-20/h4-8,11-12,15,18H,3,9-10,13-14H2,1-2H3. The third-order valence-electron chi connectivity index (χ3n) is 5.60. The number of amides is 1. The van der Waals surface area contributed by atoms with Crippen molar-refractivity contribution in [3.8, 4) is 0 Å². The fourth-order valence-electron chi connectivity index (χ4n) is 4.26. The van der Waals surface area contributed by atoms with Gasteiger partial charge in [0, 0.05) is 48.1 Å². The van der Waals surface area contributed by atoms with E-state index in [1.54, 1.807) is 54.9 Å². The summed E-state index contributed by atoms with van der Waals surface area (Å²) in [4.78, 5) is 29.2. The minimum absolute atomic E-state index is 0.0406. The molecule has 7 nitrogen and oxygen atoms in total. The Kier molecular flexibility index (Phi) is 6.71. The number of carbonyl (C=O) groups excluding carboxylic acids is 1. The van der Waals surface area contributed by atoms with Gasteiger partial charge in [0.1, 0.15) is 5.82 Å². The van der Waals surface area contributed by atoms with Gasteiger partial charge in [-0.25, -0.2) is 24.1 Å². The fraction of sp³-hybridized carbons (Fsp3) is 0.364. The number of ether oxygens (including phenoxy) is 1. The second-order valence-corrected chi connectivity index (χ2v) is 12.3. The number of aliphatic imine (C=N–C) groups is 1. The largest absolute Gasteiger partial charge is 0.450 e. The van der Waals surface area contributed by atoms with Crippen molar-refractivity contribution in [1.82, 2.24) is 14.9 Å². The van der Waals surface area contributed by atoms with Crippen molar-refractivity contribution in [3.63, 3.8) is 0 Å². The molecule has 0 aliphatic carbocycles. The smallest absolute Gasteiger partial charge is 0.409 e. The van der Waals surface area contributed by atoms with E-state index in [0.717, 1.165) is 9.80 Å². The van der Waals surface area contributed by atoms with Gasteiger partial charge in [-0.05, 0) is 50.1 Å². The molecule has 1 aromatic heterocycles. The molecule has 0 saturated carbocycles. The van der Waals surface area contributed by atoms with Crippen molar-refractivity contribution in [2.75, 3.05) is 26.0 Å². The van der Waals surface area contributed by atoms with E-state index in [2.05, 4.69) is 15.0 Å². The summed E-state index contributed by atoms with van der Waals surface area (Å²) in [6, 6.07) is 8.11. The lowest BCUT2D eigenvalue weighted by molar-refractivity contribution is 0.100. The van der Waals surface area contributed by atoms with Gasteiger partial charge in [0.2, 0.25) is 0 Å². The molecule has 2 aliphatic rings. The average molecular weight is 477 g/mol. The third kappa shape index (κ3) is 3.97. The first-order chi connectivity index (χ1) is 15.5. The van der Waals surface area contributed by atoms with E-state index in [1.807, 2.05) is 0 Å². The fourth-order valence-corrected chi connectivity index (χ4v) is 10.9. The molecular weight excluding hydrogens is 451 g/mol. The number of halogens is 1. The predicted molar refractivity (Wildman–Crippen MR) is 125 cm³/mol. The van der Waals surface area contributed by atoms with E-state index in [9.17, 15) is 13.4 Å². The van der Waals surface area contributed by atoms with Crippen LogP contribution < -0.4 is 0 Å². The second-order valence-electron chi connectivity index (χ2n) is 7.41. The van der Waals surface area contributed by atoms with Crippen LogP contribution in [0.4, 0.5) is 9.18 Å². The molecule has 2 aromatic rings. The highest BCUT2D eigenvalue weighted by atomic mass is 32.3. The molecule has 0 N–H and O–H groups in total. The quantitative estimate of drug-likeness (QED) is 0.662. The Morgan fingerprint density at radius 3 is 2.47 bits per heavy atom. The molecule has 10 heteroatoms. The first-order valence-electron chi connectivity index (χ1n) is 10.4. The molecule has 1 aromatic carbocycles. The predicted octanol–water partition coefficient (Wildman–Crippen LogP) is 4.15. The number of aromatic nitrogens is 2. The second kappa shape index (κ2) is 9.50. The zero-order chi connectivity index (χ0) is 22.7. The van der Waals surface area contributed by atoms with Crippen LogP contribution in [0.1, 0.15) is 25.6 Å². The van der Waals surface area contributed by atoms with Crippen LogP contribution in [0, 0.1) is 5.82 Å². The summed E-state index contributed by atoms with van der Waals surface area (Å²) >= 11 is 0. The van der Waals surface area contributed by atoms with Crippen molar-refractivity contribution in [3.05, 3.63) is 60.6 Å². The first kappa shape index (κ1) is 22.6. The van der Waals surface area contributed by atoms with Crippen LogP contribution in [0.3, 0.4) is 0 Å². The highest BCUT2D eigenvalue weighted by Crippen LogP contribution is 2.73. The Morgan fingerprint density at radius 1 is 1.22 bits per heavy atom. The summed E-state index contributed by atoms with van der Waals surface area (Å²) in [5.74, 6) is 0.194. The number of hydrogen-bond acceptors (Lipinski definition) is 6. The van der Waals surface area contributed by atoms with E-state index in [-0.39, 0.29) is 17.2 Å². The molecule has 0 radical (unpaired) electrons. The van der Waals surface area contributed by atoms with Gasteiger partial charge >= 0.3 is 6.09 Å². The lowest BCUT2D eigenvalue weighted by atomic mass is 10.1. The average Bonchev–Trinajstić information content (AvgIpc) is 3.22. The number of carbonyl (C=O) groups is 1. The zero-order valence-corrected chi connectivity index (χ0v) is 19.6. The van der Waals surface area contributed by atoms with Crippen LogP contribution in [-0.4, -0.2) is 60.7 Å². The van der Waals surface area contributed by atoms with E-state index in [0.29, 0.717) is 42.7 Å². The van der Waals surface area contributed by atoms with E-state index in [4.69, 9.17) is 4.74 Å². The van der Waals surface area contributed by atoms with Gasteiger partial charge in [-0.2, -0.15) is 0 Å². The van der Waals surface area contributed by atoms with Gasteiger partial charge in [0.25, 0.3) is 0 Å². The minimum Gasteiger partial charge on any atom is -0.450 e. The zero-order valence-electron chi connectivity index (χ0n) is 17.9. The number of hydrogen-bond donors (Lipinski definition) is 0. The Hall–Kier alpha value is -2.59. The maximum Gasteiger partial charge on any atom is 0.409 e. The van der Waals surface area contributed by atoms with Gasteiger partial charge in [-0.15, -0.1) is 10.0 Å². The van der Waals surface area contributed by atoms with Gasteiger partial charge in [-0.3, -0.25) is 4.21 Å². The Balaban J connectivity index is 1.81. The molecule has 1 fully saturated rings. The maximum atomic E-state index is 13.9. The summed E-state index contributed by atoms with van der Waals surface area (Å²) in [6.45, 7) is 3.15. The lowest BCUT2D eigenvalue weighted by Crippen LogP contribution is -2.43. The Labute approximate surface area is 190 Å². The summed E-state index contributed by atoms with van der Waals surface area (Å²) in [5, 5.41) is 0.0406. The minimum atomic E-state index is -2.11. The summed E-state index contributed by atoms with van der Waals surface area (Å²) in [7, 11) is -3.47. The van der Waals surface area contributed by atoms with Crippen LogP contribution in [0.5, 0.6) is 0 Å². The maximum absolute atomic E-state index is 13.9.